The van der Waals surface area contributed by atoms with Crippen molar-refractivity contribution in [1.29, 1.82) is 0 Å². The first-order valence-corrected chi connectivity index (χ1v) is 5.26. The molecule has 0 atom stereocenters. The molecule has 0 N–H and O–H groups in total. The fourth-order valence-electron chi connectivity index (χ4n) is 1.18. The van der Waals surface area contributed by atoms with Gasteiger partial charge in [0.15, 0.2) is 0 Å². The molecule has 0 fully saturated rings. The smallest absolute Gasteiger partial charge is 0.258 e. The van der Waals surface area contributed by atoms with E-state index in [1.54, 1.807) is 0 Å². The van der Waals surface area contributed by atoms with E-state index in [-0.39, 0.29) is 5.69 Å². The normalized spacial score (nSPS) is 10.1. The third kappa shape index (κ3) is 2.77. The van der Waals surface area contributed by atoms with Crippen LogP contribution in [0.2, 0.25) is 0 Å². The number of nitro groups is 1. The fraction of sp³-hybridized carbons (Fsp3) is 0.333. The Morgan fingerprint density at radius 3 is 2.79 bits per heavy atom. The number of hydrogen-bond acceptors (Lipinski definition) is 2. The summed E-state index contributed by atoms with van der Waals surface area (Å²) in [7, 11) is 0. The molecule has 0 radical (unpaired) electrons. The minimum atomic E-state index is -0.570. The van der Waals surface area contributed by atoms with E-state index < -0.39 is 10.7 Å². The molecule has 0 aliphatic rings. The lowest BCUT2D eigenvalue weighted by Gasteiger charge is -2.01. The second-order valence-electron chi connectivity index (χ2n) is 2.82. The quantitative estimate of drug-likeness (QED) is 0.475. The molecule has 14 heavy (non-hydrogen) atoms. The number of benzene rings is 1. The van der Waals surface area contributed by atoms with E-state index in [1.165, 1.54) is 12.1 Å². The minimum absolute atomic E-state index is 0.133. The molecule has 0 saturated heterocycles. The first kappa shape index (κ1) is 11.1. The number of aryl methyl sites for hydroxylation is 1. The first-order valence-electron chi connectivity index (χ1n) is 4.14. The van der Waals surface area contributed by atoms with E-state index in [2.05, 4.69) is 15.9 Å². The van der Waals surface area contributed by atoms with Crippen LogP contribution in [0.5, 0.6) is 0 Å². The molecular formula is C9H9BrFNO2. The number of halogens is 2. The number of nitrogens with zero attached hydrogens (tertiary/aromatic N) is 1. The highest BCUT2D eigenvalue weighted by atomic mass is 79.9. The van der Waals surface area contributed by atoms with Crippen LogP contribution >= 0.6 is 15.9 Å². The van der Waals surface area contributed by atoms with Gasteiger partial charge in [-0.3, -0.25) is 10.1 Å². The van der Waals surface area contributed by atoms with Crippen molar-refractivity contribution in [3.05, 3.63) is 39.7 Å². The van der Waals surface area contributed by atoms with Crippen LogP contribution in [0, 0.1) is 15.9 Å². The van der Waals surface area contributed by atoms with Gasteiger partial charge in [-0.1, -0.05) is 15.9 Å². The Morgan fingerprint density at radius 2 is 2.21 bits per heavy atom. The van der Waals surface area contributed by atoms with Gasteiger partial charge in [0.05, 0.1) is 11.0 Å². The molecule has 3 nitrogen and oxygen atoms in total. The third-order valence-corrected chi connectivity index (χ3v) is 2.38. The van der Waals surface area contributed by atoms with E-state index in [0.29, 0.717) is 12.0 Å². The number of alkyl halides is 1. The maximum atomic E-state index is 12.7. The third-order valence-electron chi connectivity index (χ3n) is 1.82. The van der Waals surface area contributed by atoms with Gasteiger partial charge in [-0.05, 0) is 25.0 Å². The van der Waals surface area contributed by atoms with Crippen molar-refractivity contribution in [2.75, 3.05) is 5.33 Å². The average molecular weight is 262 g/mol. The Labute approximate surface area is 89.2 Å². The Morgan fingerprint density at radius 1 is 1.50 bits per heavy atom. The molecule has 5 heteroatoms. The van der Waals surface area contributed by atoms with Crippen molar-refractivity contribution in [2.45, 2.75) is 12.8 Å². The second kappa shape index (κ2) is 5.05. The largest absolute Gasteiger partial charge is 0.275 e. The van der Waals surface area contributed by atoms with Crippen LogP contribution in [0.1, 0.15) is 12.0 Å². The Hall–Kier alpha value is -0.970. The molecule has 0 aliphatic heterocycles. The lowest BCUT2D eigenvalue weighted by molar-refractivity contribution is -0.385. The highest BCUT2D eigenvalue weighted by Crippen LogP contribution is 2.21. The molecule has 0 unspecified atom stereocenters. The molecule has 0 aromatic heterocycles. The van der Waals surface area contributed by atoms with Crippen LogP contribution in [0.15, 0.2) is 18.2 Å². The molecule has 0 heterocycles. The maximum absolute atomic E-state index is 12.7. The summed E-state index contributed by atoms with van der Waals surface area (Å²) in [4.78, 5) is 10.0. The summed E-state index contributed by atoms with van der Waals surface area (Å²) in [6, 6.07) is 3.68. The molecule has 0 spiro atoms. The van der Waals surface area contributed by atoms with Crippen molar-refractivity contribution in [3.63, 3.8) is 0 Å². The molecule has 76 valence electrons. The van der Waals surface area contributed by atoms with Crippen molar-refractivity contribution in [2.24, 2.45) is 0 Å². The Bertz CT molecular complexity index is 344. The van der Waals surface area contributed by atoms with Gasteiger partial charge >= 0.3 is 0 Å². The molecule has 1 aromatic carbocycles. The molecule has 1 rings (SSSR count). The van der Waals surface area contributed by atoms with Gasteiger partial charge in [-0.2, -0.15) is 0 Å². The molecular weight excluding hydrogens is 253 g/mol. The zero-order valence-electron chi connectivity index (χ0n) is 7.37. The summed E-state index contributed by atoms with van der Waals surface area (Å²) in [5.74, 6) is -0.570. The van der Waals surface area contributed by atoms with Crippen LogP contribution in [-0.4, -0.2) is 10.3 Å². The summed E-state index contributed by atoms with van der Waals surface area (Å²) in [6.07, 6.45) is 1.38. The standard InChI is InChI=1S/C9H9BrFNO2/c10-5-1-2-7-3-4-8(11)6-9(7)12(13)14/h3-4,6H,1-2,5H2. The molecule has 0 aliphatic carbocycles. The van der Waals surface area contributed by atoms with Crippen LogP contribution in [0.4, 0.5) is 10.1 Å². The van der Waals surface area contributed by atoms with Gasteiger partial charge in [0.25, 0.3) is 5.69 Å². The van der Waals surface area contributed by atoms with Crippen LogP contribution < -0.4 is 0 Å². The SMILES string of the molecule is O=[N+]([O-])c1cc(F)ccc1CCCBr. The topological polar surface area (TPSA) is 43.1 Å². The van der Waals surface area contributed by atoms with Crippen molar-refractivity contribution in [3.8, 4) is 0 Å². The lowest BCUT2D eigenvalue weighted by atomic mass is 10.1. The Balaban J connectivity index is 2.96. The first-order chi connectivity index (χ1) is 6.65. The van der Waals surface area contributed by atoms with E-state index >= 15 is 0 Å². The van der Waals surface area contributed by atoms with E-state index in [1.807, 2.05) is 0 Å². The predicted molar refractivity (Wildman–Crippen MR) is 55.2 cm³/mol. The summed E-state index contributed by atoms with van der Waals surface area (Å²) >= 11 is 3.24. The monoisotopic (exact) mass is 261 g/mol. The van der Waals surface area contributed by atoms with E-state index in [0.717, 1.165) is 17.8 Å². The second-order valence-corrected chi connectivity index (χ2v) is 3.62. The van der Waals surface area contributed by atoms with Gasteiger partial charge in [-0.15, -0.1) is 0 Å². The van der Waals surface area contributed by atoms with Gasteiger partial charge in [0.2, 0.25) is 0 Å². The lowest BCUT2D eigenvalue weighted by Crippen LogP contribution is -1.96. The summed E-state index contributed by atoms with van der Waals surface area (Å²) in [6.45, 7) is 0. The molecule has 0 amide bonds. The van der Waals surface area contributed by atoms with Gasteiger partial charge in [-0.25, -0.2) is 4.39 Å². The molecule has 1 aromatic rings. The predicted octanol–water partition coefficient (Wildman–Crippen LogP) is 3.06. The average Bonchev–Trinajstić information content (AvgIpc) is 2.15. The fourth-order valence-corrected chi connectivity index (χ4v) is 1.46. The molecule has 0 saturated carbocycles. The molecule has 0 bridgehead atoms. The van der Waals surface area contributed by atoms with Crippen molar-refractivity contribution in [1.82, 2.24) is 0 Å². The van der Waals surface area contributed by atoms with Crippen molar-refractivity contribution < 1.29 is 9.31 Å². The highest BCUT2D eigenvalue weighted by molar-refractivity contribution is 9.09. The minimum Gasteiger partial charge on any atom is -0.258 e. The van der Waals surface area contributed by atoms with Gasteiger partial charge < -0.3 is 0 Å². The zero-order valence-corrected chi connectivity index (χ0v) is 8.96. The maximum Gasteiger partial charge on any atom is 0.275 e. The Kier molecular flexibility index (Phi) is 4.00. The zero-order chi connectivity index (χ0) is 10.6. The van der Waals surface area contributed by atoms with Crippen molar-refractivity contribution >= 4 is 21.6 Å². The van der Waals surface area contributed by atoms with Crippen LogP contribution in [0.3, 0.4) is 0 Å². The van der Waals surface area contributed by atoms with E-state index in [9.17, 15) is 14.5 Å². The number of rotatable bonds is 4. The summed E-state index contributed by atoms with van der Waals surface area (Å²) in [5, 5.41) is 11.3. The van der Waals surface area contributed by atoms with E-state index in [4.69, 9.17) is 0 Å². The van der Waals surface area contributed by atoms with Gasteiger partial charge in [0.1, 0.15) is 5.82 Å². The summed E-state index contributed by atoms with van der Waals surface area (Å²) in [5.41, 5.74) is 0.446. The number of hydrogen-bond donors (Lipinski definition) is 0. The number of nitro benzene ring substituents is 1. The van der Waals surface area contributed by atoms with Crippen LogP contribution in [-0.2, 0) is 6.42 Å². The van der Waals surface area contributed by atoms with Gasteiger partial charge in [0, 0.05) is 10.9 Å². The highest BCUT2D eigenvalue weighted by Gasteiger charge is 2.13. The summed E-state index contributed by atoms with van der Waals surface area (Å²) < 4.78 is 12.7. The van der Waals surface area contributed by atoms with Crippen LogP contribution in [0.25, 0.3) is 0 Å².